The molecule has 0 radical (unpaired) electrons. The van der Waals surface area contributed by atoms with E-state index in [0.29, 0.717) is 12.8 Å². The summed E-state index contributed by atoms with van der Waals surface area (Å²) in [6.45, 7) is 0.172. The molecule has 20 heavy (non-hydrogen) atoms. The first-order valence-corrected chi connectivity index (χ1v) is 6.34. The highest BCUT2D eigenvalue weighted by Crippen LogP contribution is 2.26. The Morgan fingerprint density at radius 3 is 2.20 bits per heavy atom. The Morgan fingerprint density at radius 2 is 1.70 bits per heavy atom. The molecule has 8 heteroatoms. The molecule has 1 aliphatic carbocycles. The second kappa shape index (κ2) is 6.58. The van der Waals surface area contributed by atoms with Crippen molar-refractivity contribution in [3.05, 3.63) is 12.2 Å². The van der Waals surface area contributed by atoms with Crippen molar-refractivity contribution in [2.24, 2.45) is 5.73 Å². The fraction of sp³-hybridized carbons (Fsp3) is 0.667. The zero-order valence-corrected chi connectivity index (χ0v) is 11.1. The Hall–Kier alpha value is -1.80. The van der Waals surface area contributed by atoms with Crippen molar-refractivity contribution < 1.29 is 28.5 Å². The van der Waals surface area contributed by atoms with Gasteiger partial charge in [0.1, 0.15) is 19.0 Å². The van der Waals surface area contributed by atoms with Crippen LogP contribution in [0.2, 0.25) is 0 Å². The first-order chi connectivity index (χ1) is 9.58. The number of nitrogens with one attached hydrogen (secondary N) is 1. The number of hydrogen-bond donors (Lipinski definition) is 2. The number of hydrogen-bond acceptors (Lipinski definition) is 6. The number of fused-ring (bicyclic) bond motifs is 1. The van der Waals surface area contributed by atoms with Crippen molar-refractivity contribution in [1.29, 1.82) is 0 Å². The van der Waals surface area contributed by atoms with Crippen molar-refractivity contribution in [2.75, 3.05) is 13.8 Å². The highest BCUT2D eigenvalue weighted by atomic mass is 16.7. The molecule has 0 bridgehead atoms. The summed E-state index contributed by atoms with van der Waals surface area (Å²) >= 11 is 0. The highest BCUT2D eigenvalue weighted by molar-refractivity contribution is 5.67. The number of carbonyl (C=O) groups is 2. The number of ether oxygens (including phenoxy) is 4. The molecule has 0 aromatic carbocycles. The van der Waals surface area contributed by atoms with Crippen LogP contribution >= 0.6 is 0 Å². The lowest BCUT2D eigenvalue weighted by atomic mass is 9.97. The maximum absolute atomic E-state index is 11.3. The zero-order valence-electron chi connectivity index (χ0n) is 11.1. The molecule has 0 spiro atoms. The number of carbonyl (C=O) groups excluding carboxylic acids is 2. The maximum atomic E-state index is 11.3. The molecule has 2 aliphatic rings. The lowest BCUT2D eigenvalue weighted by molar-refractivity contribution is 0.0271. The Balaban J connectivity index is 2.08. The van der Waals surface area contributed by atoms with Gasteiger partial charge >= 0.3 is 12.2 Å². The topological polar surface area (TPSA) is 109 Å². The third-order valence-electron chi connectivity index (χ3n) is 3.18. The van der Waals surface area contributed by atoms with Gasteiger partial charge in [-0.3, -0.25) is 0 Å². The van der Waals surface area contributed by atoms with Gasteiger partial charge in [0, 0.05) is 19.9 Å². The van der Waals surface area contributed by atoms with Crippen molar-refractivity contribution >= 4 is 12.2 Å². The summed E-state index contributed by atoms with van der Waals surface area (Å²) in [5.41, 5.74) is 5.02. The van der Waals surface area contributed by atoms with E-state index in [4.69, 9.17) is 24.7 Å². The highest BCUT2D eigenvalue weighted by Gasteiger charge is 2.35. The van der Waals surface area contributed by atoms with E-state index in [1.807, 2.05) is 0 Å². The number of primary amides is 1. The van der Waals surface area contributed by atoms with Gasteiger partial charge in [0.05, 0.1) is 12.2 Å². The van der Waals surface area contributed by atoms with Crippen LogP contribution < -0.4 is 11.1 Å². The SMILES string of the molecule is CNC(=O)OC1/C=C/C(OC(N)=O)CC2OCOC2C1. The van der Waals surface area contributed by atoms with Gasteiger partial charge in [0.2, 0.25) is 0 Å². The minimum atomic E-state index is -0.862. The summed E-state index contributed by atoms with van der Waals surface area (Å²) in [6, 6.07) is 0. The van der Waals surface area contributed by atoms with Crippen LogP contribution in [-0.4, -0.2) is 50.4 Å². The molecule has 8 nitrogen and oxygen atoms in total. The summed E-state index contributed by atoms with van der Waals surface area (Å²) in [5.74, 6) is 0. The van der Waals surface area contributed by atoms with Gasteiger partial charge in [0.15, 0.2) is 0 Å². The largest absolute Gasteiger partial charge is 0.442 e. The van der Waals surface area contributed by atoms with E-state index < -0.39 is 24.4 Å². The van der Waals surface area contributed by atoms with Crippen LogP contribution in [0.4, 0.5) is 9.59 Å². The van der Waals surface area contributed by atoms with Crippen molar-refractivity contribution in [1.82, 2.24) is 5.32 Å². The van der Waals surface area contributed by atoms with E-state index in [1.165, 1.54) is 7.05 Å². The summed E-state index contributed by atoms with van der Waals surface area (Å²) in [4.78, 5) is 22.1. The standard InChI is InChI=1S/C12H18N2O6/c1-14-12(16)20-8-3-2-7(19-11(13)15)4-9-10(5-8)18-6-17-9/h2-3,7-10H,4-6H2,1H3,(H2,13,15)(H,14,16)/b3-2+. The quantitative estimate of drug-likeness (QED) is 0.705. The molecule has 1 aliphatic heterocycles. The minimum Gasteiger partial charge on any atom is -0.442 e. The molecule has 0 aromatic rings. The molecule has 1 fully saturated rings. The van der Waals surface area contributed by atoms with Crippen LogP contribution in [0.25, 0.3) is 0 Å². The van der Waals surface area contributed by atoms with Crippen LogP contribution in [0.1, 0.15) is 12.8 Å². The Labute approximate surface area is 116 Å². The van der Waals surface area contributed by atoms with E-state index in [1.54, 1.807) is 12.2 Å². The van der Waals surface area contributed by atoms with Crippen molar-refractivity contribution in [3.63, 3.8) is 0 Å². The first-order valence-electron chi connectivity index (χ1n) is 6.34. The predicted octanol–water partition coefficient (Wildman–Crippen LogP) is 0.266. The minimum absolute atomic E-state index is 0.172. The van der Waals surface area contributed by atoms with E-state index >= 15 is 0 Å². The summed E-state index contributed by atoms with van der Waals surface area (Å²) in [6.07, 6.45) is 1.41. The van der Waals surface area contributed by atoms with Crippen LogP contribution in [0.15, 0.2) is 12.2 Å². The first kappa shape index (κ1) is 14.6. The molecule has 2 amide bonds. The van der Waals surface area contributed by atoms with Crippen LogP contribution in [-0.2, 0) is 18.9 Å². The smallest absolute Gasteiger partial charge is 0.407 e. The third-order valence-corrected chi connectivity index (χ3v) is 3.18. The van der Waals surface area contributed by atoms with Crippen molar-refractivity contribution in [2.45, 2.75) is 37.3 Å². The van der Waals surface area contributed by atoms with Crippen molar-refractivity contribution in [3.8, 4) is 0 Å². The Bertz CT molecular complexity index is 399. The molecular weight excluding hydrogens is 268 g/mol. The predicted molar refractivity (Wildman–Crippen MR) is 66.8 cm³/mol. The molecule has 0 saturated carbocycles. The maximum Gasteiger partial charge on any atom is 0.407 e. The zero-order chi connectivity index (χ0) is 14.5. The number of rotatable bonds is 2. The molecule has 3 N–H and O–H groups in total. The Kier molecular flexibility index (Phi) is 4.80. The molecule has 2 rings (SSSR count). The molecule has 1 heterocycles. The van der Waals surface area contributed by atoms with Crippen LogP contribution in [0, 0.1) is 0 Å². The second-order valence-electron chi connectivity index (χ2n) is 4.55. The normalized spacial score (nSPS) is 34.2. The summed E-state index contributed by atoms with van der Waals surface area (Å²) < 4.78 is 21.1. The number of alkyl carbamates (subject to hydrolysis) is 1. The van der Waals surface area contributed by atoms with Gasteiger partial charge in [-0.1, -0.05) is 0 Å². The summed E-state index contributed by atoms with van der Waals surface area (Å²) in [7, 11) is 1.48. The lowest BCUT2D eigenvalue weighted by Gasteiger charge is -2.26. The molecule has 4 unspecified atom stereocenters. The van der Waals surface area contributed by atoms with Crippen LogP contribution in [0.5, 0.6) is 0 Å². The lowest BCUT2D eigenvalue weighted by Crippen LogP contribution is -2.36. The molecule has 1 saturated heterocycles. The average molecular weight is 286 g/mol. The van der Waals surface area contributed by atoms with Gasteiger partial charge in [-0.05, 0) is 12.2 Å². The molecule has 112 valence electrons. The number of amides is 2. The van der Waals surface area contributed by atoms with E-state index in [2.05, 4.69) is 5.32 Å². The van der Waals surface area contributed by atoms with Gasteiger partial charge in [0.25, 0.3) is 0 Å². The van der Waals surface area contributed by atoms with E-state index in [0.717, 1.165) is 0 Å². The molecule has 0 aromatic heterocycles. The van der Waals surface area contributed by atoms with Gasteiger partial charge in [-0.15, -0.1) is 0 Å². The number of nitrogens with two attached hydrogens (primary N) is 1. The van der Waals surface area contributed by atoms with E-state index in [9.17, 15) is 9.59 Å². The third kappa shape index (κ3) is 3.84. The van der Waals surface area contributed by atoms with Gasteiger partial charge in [-0.25, -0.2) is 9.59 Å². The Morgan fingerprint density at radius 1 is 1.15 bits per heavy atom. The average Bonchev–Trinajstić information content (AvgIpc) is 2.79. The molecular formula is C12H18N2O6. The van der Waals surface area contributed by atoms with Gasteiger partial charge < -0.3 is 30.0 Å². The molecule has 4 atom stereocenters. The second-order valence-corrected chi connectivity index (χ2v) is 4.55. The van der Waals surface area contributed by atoms with Crippen LogP contribution in [0.3, 0.4) is 0 Å². The fourth-order valence-electron chi connectivity index (χ4n) is 2.25. The van der Waals surface area contributed by atoms with E-state index in [-0.39, 0.29) is 19.0 Å². The monoisotopic (exact) mass is 286 g/mol. The summed E-state index contributed by atoms with van der Waals surface area (Å²) in [5, 5.41) is 2.38. The van der Waals surface area contributed by atoms with Gasteiger partial charge in [-0.2, -0.15) is 0 Å². The fourth-order valence-corrected chi connectivity index (χ4v) is 2.25.